The van der Waals surface area contributed by atoms with E-state index < -0.39 is 6.04 Å². The molecule has 0 saturated heterocycles. The number of nitrogens with one attached hydrogen (secondary N) is 2. The molecule has 0 aliphatic rings. The molecule has 0 radical (unpaired) electrons. The first-order chi connectivity index (χ1) is 9.93. The van der Waals surface area contributed by atoms with Crippen LogP contribution in [-0.4, -0.2) is 24.5 Å². The highest BCUT2D eigenvalue weighted by atomic mass is 35.5. The highest BCUT2D eigenvalue weighted by molar-refractivity contribution is 6.30. The molecule has 5 heteroatoms. The summed E-state index contributed by atoms with van der Waals surface area (Å²) in [7, 11) is 0. The molecule has 1 aromatic carbocycles. The van der Waals surface area contributed by atoms with Crippen LogP contribution in [0.3, 0.4) is 0 Å². The summed E-state index contributed by atoms with van der Waals surface area (Å²) in [5.41, 5.74) is 6.84. The number of halogens is 1. The predicted octanol–water partition coefficient (Wildman–Crippen LogP) is 3.02. The fourth-order valence-electron chi connectivity index (χ4n) is 2.00. The van der Waals surface area contributed by atoms with Gasteiger partial charge in [0.25, 0.3) is 0 Å². The Morgan fingerprint density at radius 2 is 1.90 bits per heavy atom. The van der Waals surface area contributed by atoms with Crippen LogP contribution in [0.1, 0.15) is 33.6 Å². The number of amides is 1. The molecule has 4 N–H and O–H groups in total. The van der Waals surface area contributed by atoms with E-state index in [9.17, 15) is 4.79 Å². The number of hydrogen-bond donors (Lipinski definition) is 3. The molecule has 0 aliphatic carbocycles. The van der Waals surface area contributed by atoms with Gasteiger partial charge in [0, 0.05) is 23.3 Å². The van der Waals surface area contributed by atoms with Crippen molar-refractivity contribution in [3.63, 3.8) is 0 Å². The Bertz CT molecular complexity index is 434. The average Bonchev–Trinajstić information content (AvgIpc) is 2.46. The second kappa shape index (κ2) is 8.90. The van der Waals surface area contributed by atoms with Crippen molar-refractivity contribution in [3.8, 4) is 0 Å². The maximum atomic E-state index is 11.9. The molecule has 118 valence electrons. The van der Waals surface area contributed by atoms with Gasteiger partial charge in [0.05, 0.1) is 6.04 Å². The number of carbonyl (C=O) groups is 1. The van der Waals surface area contributed by atoms with Crippen molar-refractivity contribution < 1.29 is 4.79 Å². The van der Waals surface area contributed by atoms with Crippen LogP contribution >= 0.6 is 11.6 Å². The normalized spacial score (nSPS) is 13.8. The van der Waals surface area contributed by atoms with E-state index in [1.807, 2.05) is 38.1 Å². The standard InChI is InChI=1S/C16H26ClN3O/c1-4-5-14(10-19-16(21)15(18)11(2)3)20-13-8-6-12(17)7-9-13/h6-9,11,14-15,20H,4-5,10,18H2,1-3H3,(H,19,21)/t14-,15-/m0/s1. The minimum absolute atomic E-state index is 0.0935. The van der Waals surface area contributed by atoms with Crippen molar-refractivity contribution in [2.75, 3.05) is 11.9 Å². The zero-order chi connectivity index (χ0) is 15.8. The Morgan fingerprint density at radius 3 is 2.43 bits per heavy atom. The van der Waals surface area contributed by atoms with Gasteiger partial charge < -0.3 is 16.4 Å². The molecule has 1 rings (SSSR count). The molecule has 4 nitrogen and oxygen atoms in total. The molecule has 0 bridgehead atoms. The molecular weight excluding hydrogens is 286 g/mol. The lowest BCUT2D eigenvalue weighted by Crippen LogP contribution is -2.47. The lowest BCUT2D eigenvalue weighted by molar-refractivity contribution is -0.123. The summed E-state index contributed by atoms with van der Waals surface area (Å²) in [6.07, 6.45) is 2.01. The molecule has 0 unspecified atom stereocenters. The van der Waals surface area contributed by atoms with Gasteiger partial charge in [0.15, 0.2) is 0 Å². The van der Waals surface area contributed by atoms with Gasteiger partial charge in [-0.05, 0) is 36.6 Å². The van der Waals surface area contributed by atoms with Crippen LogP contribution < -0.4 is 16.4 Å². The second-order valence-corrected chi connectivity index (χ2v) is 6.09. The summed E-state index contributed by atoms with van der Waals surface area (Å²) in [5.74, 6) is 0.0443. The SMILES string of the molecule is CCC[C@@H](CNC(=O)[C@@H](N)C(C)C)Nc1ccc(Cl)cc1. The Kier molecular flexibility index (Phi) is 7.54. The first kappa shape index (κ1) is 17.8. The lowest BCUT2D eigenvalue weighted by Gasteiger charge is -2.22. The zero-order valence-corrected chi connectivity index (χ0v) is 13.8. The van der Waals surface area contributed by atoms with E-state index in [2.05, 4.69) is 17.6 Å². The molecule has 21 heavy (non-hydrogen) atoms. The van der Waals surface area contributed by atoms with Gasteiger partial charge >= 0.3 is 0 Å². The van der Waals surface area contributed by atoms with Crippen molar-refractivity contribution >= 4 is 23.2 Å². The first-order valence-corrected chi connectivity index (χ1v) is 7.87. The molecular formula is C16H26ClN3O. The molecule has 0 spiro atoms. The van der Waals surface area contributed by atoms with Gasteiger partial charge in [-0.25, -0.2) is 0 Å². The largest absolute Gasteiger partial charge is 0.381 e. The number of anilines is 1. The van der Waals surface area contributed by atoms with Crippen molar-refractivity contribution in [1.82, 2.24) is 5.32 Å². The number of benzene rings is 1. The lowest BCUT2D eigenvalue weighted by atomic mass is 10.0. The topological polar surface area (TPSA) is 67.2 Å². The Hall–Kier alpha value is -1.26. The van der Waals surface area contributed by atoms with Gasteiger partial charge in [0.2, 0.25) is 5.91 Å². The highest BCUT2D eigenvalue weighted by Gasteiger charge is 2.18. The van der Waals surface area contributed by atoms with Crippen LogP contribution in [-0.2, 0) is 4.79 Å². The Labute approximate surface area is 132 Å². The summed E-state index contributed by atoms with van der Waals surface area (Å²) in [6.45, 7) is 6.58. The summed E-state index contributed by atoms with van der Waals surface area (Å²) in [4.78, 5) is 11.9. The van der Waals surface area contributed by atoms with E-state index >= 15 is 0 Å². The Morgan fingerprint density at radius 1 is 1.29 bits per heavy atom. The number of rotatable bonds is 8. The molecule has 0 aromatic heterocycles. The van der Waals surface area contributed by atoms with E-state index in [1.165, 1.54) is 0 Å². The molecule has 0 saturated carbocycles. The summed E-state index contributed by atoms with van der Waals surface area (Å²) in [5, 5.41) is 7.06. The van der Waals surface area contributed by atoms with Gasteiger partial charge in [-0.15, -0.1) is 0 Å². The van der Waals surface area contributed by atoms with Crippen molar-refractivity contribution in [1.29, 1.82) is 0 Å². The quantitative estimate of drug-likeness (QED) is 0.691. The van der Waals surface area contributed by atoms with E-state index in [0.29, 0.717) is 11.6 Å². The van der Waals surface area contributed by atoms with Crippen LogP contribution in [0.15, 0.2) is 24.3 Å². The van der Waals surface area contributed by atoms with Gasteiger partial charge in [-0.2, -0.15) is 0 Å². The van der Waals surface area contributed by atoms with Crippen molar-refractivity contribution in [2.45, 2.75) is 45.7 Å². The zero-order valence-electron chi connectivity index (χ0n) is 13.0. The fraction of sp³-hybridized carbons (Fsp3) is 0.562. The van der Waals surface area contributed by atoms with Crippen LogP contribution in [0.5, 0.6) is 0 Å². The van der Waals surface area contributed by atoms with E-state index in [0.717, 1.165) is 18.5 Å². The third-order valence-corrected chi connectivity index (χ3v) is 3.65. The Balaban J connectivity index is 2.53. The molecule has 0 heterocycles. The third-order valence-electron chi connectivity index (χ3n) is 3.40. The predicted molar refractivity (Wildman–Crippen MR) is 89.6 cm³/mol. The van der Waals surface area contributed by atoms with Crippen molar-refractivity contribution in [2.24, 2.45) is 11.7 Å². The minimum atomic E-state index is -0.456. The molecule has 2 atom stereocenters. The van der Waals surface area contributed by atoms with Crippen molar-refractivity contribution in [3.05, 3.63) is 29.3 Å². The maximum absolute atomic E-state index is 11.9. The second-order valence-electron chi connectivity index (χ2n) is 5.65. The fourth-order valence-corrected chi connectivity index (χ4v) is 2.13. The minimum Gasteiger partial charge on any atom is -0.381 e. The van der Waals surface area contributed by atoms with Gasteiger partial charge in [-0.1, -0.05) is 38.8 Å². The van der Waals surface area contributed by atoms with Gasteiger partial charge in [0.1, 0.15) is 0 Å². The molecule has 1 amide bonds. The highest BCUT2D eigenvalue weighted by Crippen LogP contribution is 2.15. The first-order valence-electron chi connectivity index (χ1n) is 7.49. The van der Waals surface area contributed by atoms with Gasteiger partial charge in [-0.3, -0.25) is 4.79 Å². The average molecular weight is 312 g/mol. The maximum Gasteiger partial charge on any atom is 0.237 e. The number of carbonyl (C=O) groups excluding carboxylic acids is 1. The van der Waals surface area contributed by atoms with Crippen LogP contribution in [0.25, 0.3) is 0 Å². The summed E-state index contributed by atoms with van der Waals surface area (Å²) < 4.78 is 0. The number of nitrogens with two attached hydrogens (primary N) is 1. The summed E-state index contributed by atoms with van der Waals surface area (Å²) in [6, 6.07) is 7.29. The smallest absolute Gasteiger partial charge is 0.237 e. The molecule has 0 aliphatic heterocycles. The van der Waals surface area contributed by atoms with E-state index in [-0.39, 0.29) is 17.9 Å². The van der Waals surface area contributed by atoms with E-state index in [1.54, 1.807) is 0 Å². The van der Waals surface area contributed by atoms with Crippen LogP contribution in [0.4, 0.5) is 5.69 Å². The summed E-state index contributed by atoms with van der Waals surface area (Å²) >= 11 is 5.88. The number of hydrogen-bond acceptors (Lipinski definition) is 3. The molecule has 0 fully saturated rings. The van der Waals surface area contributed by atoms with Crippen LogP contribution in [0, 0.1) is 5.92 Å². The molecule has 1 aromatic rings. The third kappa shape index (κ3) is 6.36. The monoisotopic (exact) mass is 311 g/mol. The van der Waals surface area contributed by atoms with E-state index in [4.69, 9.17) is 17.3 Å². The van der Waals surface area contributed by atoms with Crippen LogP contribution in [0.2, 0.25) is 5.02 Å².